The molecule has 0 aromatic carbocycles. The molecule has 0 aromatic heterocycles. The fraction of sp³-hybridized carbons (Fsp3) is 1.00. The molecule has 0 spiro atoms. The van der Waals surface area contributed by atoms with Crippen molar-refractivity contribution < 1.29 is 0 Å². The molecule has 0 radical (unpaired) electrons. The van der Waals surface area contributed by atoms with Crippen molar-refractivity contribution >= 4 is 0 Å². The summed E-state index contributed by atoms with van der Waals surface area (Å²) in [5.74, 6) is 1.89. The number of hydrogen-bond acceptors (Lipinski definition) is 2. The summed E-state index contributed by atoms with van der Waals surface area (Å²) >= 11 is 0. The maximum Gasteiger partial charge on any atom is 0.0365 e. The molecule has 2 nitrogen and oxygen atoms in total. The Hall–Kier alpha value is -0.0800. The van der Waals surface area contributed by atoms with Crippen molar-refractivity contribution in [1.82, 2.24) is 10.2 Å². The Labute approximate surface area is 125 Å². The highest BCUT2D eigenvalue weighted by molar-refractivity contribution is 5.07. The molecule has 20 heavy (non-hydrogen) atoms. The number of hydrogen-bond donors (Lipinski definition) is 1. The standard InChI is InChI=1S/C18H34N2/c1-15-7-9-16(10-8-15)17(19-2)18(11-3-4-12-18)20-13-5-6-14-20/h15-17,19H,3-14H2,1-2H3. The van der Waals surface area contributed by atoms with Gasteiger partial charge in [0.25, 0.3) is 0 Å². The first-order valence-corrected chi connectivity index (χ1v) is 9.18. The van der Waals surface area contributed by atoms with Gasteiger partial charge in [-0.3, -0.25) is 4.90 Å². The van der Waals surface area contributed by atoms with Crippen molar-refractivity contribution in [3.8, 4) is 0 Å². The monoisotopic (exact) mass is 278 g/mol. The van der Waals surface area contributed by atoms with Crippen LogP contribution in [-0.4, -0.2) is 36.6 Å². The third kappa shape index (κ3) is 2.66. The Morgan fingerprint density at radius 2 is 1.55 bits per heavy atom. The average molecular weight is 278 g/mol. The lowest BCUT2D eigenvalue weighted by atomic mass is 9.71. The predicted octanol–water partition coefficient (Wildman–Crippen LogP) is 3.81. The maximum atomic E-state index is 3.80. The first-order chi connectivity index (χ1) is 9.76. The zero-order valence-electron chi connectivity index (χ0n) is 13.7. The number of likely N-dealkylation sites (N-methyl/N-ethyl adjacent to an activating group) is 1. The highest BCUT2D eigenvalue weighted by Crippen LogP contribution is 2.45. The van der Waals surface area contributed by atoms with E-state index < -0.39 is 0 Å². The van der Waals surface area contributed by atoms with Gasteiger partial charge in [0.15, 0.2) is 0 Å². The maximum absolute atomic E-state index is 3.80. The van der Waals surface area contributed by atoms with Gasteiger partial charge in [-0.2, -0.15) is 0 Å². The molecule has 2 saturated carbocycles. The van der Waals surface area contributed by atoms with Gasteiger partial charge in [-0.15, -0.1) is 0 Å². The van der Waals surface area contributed by atoms with Crippen LogP contribution in [0.2, 0.25) is 0 Å². The van der Waals surface area contributed by atoms with Crippen molar-refractivity contribution in [1.29, 1.82) is 0 Å². The summed E-state index contributed by atoms with van der Waals surface area (Å²) in [4.78, 5) is 2.89. The molecule has 2 heteroatoms. The van der Waals surface area contributed by atoms with Crippen molar-refractivity contribution in [3.05, 3.63) is 0 Å². The van der Waals surface area contributed by atoms with E-state index in [2.05, 4.69) is 24.2 Å². The van der Waals surface area contributed by atoms with Crippen LogP contribution in [-0.2, 0) is 0 Å². The molecular formula is C18H34N2. The van der Waals surface area contributed by atoms with Gasteiger partial charge in [0.05, 0.1) is 0 Å². The lowest BCUT2D eigenvalue weighted by molar-refractivity contribution is 0.0404. The molecule has 1 saturated heterocycles. The van der Waals surface area contributed by atoms with Crippen LogP contribution in [0.15, 0.2) is 0 Å². The second-order valence-corrected chi connectivity index (χ2v) is 7.79. The summed E-state index contributed by atoms with van der Waals surface area (Å²) in [5.41, 5.74) is 0.510. The highest BCUT2D eigenvalue weighted by atomic mass is 15.2. The van der Waals surface area contributed by atoms with E-state index in [1.807, 2.05) is 0 Å². The Bertz CT molecular complexity index is 295. The second-order valence-electron chi connectivity index (χ2n) is 7.79. The minimum Gasteiger partial charge on any atom is -0.315 e. The lowest BCUT2D eigenvalue weighted by Gasteiger charge is -2.49. The van der Waals surface area contributed by atoms with Gasteiger partial charge in [0.2, 0.25) is 0 Å². The molecule has 3 aliphatic rings. The third-order valence-corrected chi connectivity index (χ3v) is 6.63. The largest absolute Gasteiger partial charge is 0.315 e. The van der Waals surface area contributed by atoms with Crippen LogP contribution < -0.4 is 5.32 Å². The fourth-order valence-electron chi connectivity index (χ4n) is 5.54. The molecule has 0 aromatic rings. The Kier molecular flexibility index (Phi) is 4.72. The molecule has 3 fully saturated rings. The summed E-state index contributed by atoms with van der Waals surface area (Å²) in [5, 5.41) is 3.80. The van der Waals surface area contributed by atoms with Crippen LogP contribution >= 0.6 is 0 Å². The van der Waals surface area contributed by atoms with Gasteiger partial charge < -0.3 is 5.32 Å². The molecule has 2 aliphatic carbocycles. The Morgan fingerprint density at radius 1 is 0.950 bits per heavy atom. The van der Waals surface area contributed by atoms with Gasteiger partial charge >= 0.3 is 0 Å². The molecule has 1 atom stereocenters. The van der Waals surface area contributed by atoms with Crippen molar-refractivity contribution in [2.24, 2.45) is 11.8 Å². The summed E-state index contributed by atoms with van der Waals surface area (Å²) in [6.07, 6.45) is 14.5. The summed E-state index contributed by atoms with van der Waals surface area (Å²) in [7, 11) is 2.23. The normalized spacial score (nSPS) is 36.3. The minimum atomic E-state index is 0.510. The summed E-state index contributed by atoms with van der Waals surface area (Å²) in [6, 6.07) is 0.746. The third-order valence-electron chi connectivity index (χ3n) is 6.63. The van der Waals surface area contributed by atoms with Crippen molar-refractivity contribution in [2.75, 3.05) is 20.1 Å². The quantitative estimate of drug-likeness (QED) is 0.841. The minimum absolute atomic E-state index is 0.510. The first kappa shape index (κ1) is 14.8. The summed E-state index contributed by atoms with van der Waals surface area (Å²) in [6.45, 7) is 5.17. The number of rotatable bonds is 4. The zero-order valence-corrected chi connectivity index (χ0v) is 13.7. The molecule has 0 amide bonds. The van der Waals surface area contributed by atoms with Gasteiger partial charge in [-0.25, -0.2) is 0 Å². The smallest absolute Gasteiger partial charge is 0.0365 e. The summed E-state index contributed by atoms with van der Waals surface area (Å²) < 4.78 is 0. The van der Waals surface area contributed by atoms with Crippen LogP contribution in [0.1, 0.15) is 71.1 Å². The average Bonchev–Trinajstić information content (AvgIpc) is 3.12. The number of likely N-dealkylation sites (tertiary alicyclic amines) is 1. The van der Waals surface area contributed by atoms with E-state index in [1.54, 1.807) is 0 Å². The Balaban J connectivity index is 1.77. The van der Waals surface area contributed by atoms with E-state index in [9.17, 15) is 0 Å². The molecule has 1 unspecified atom stereocenters. The van der Waals surface area contributed by atoms with Gasteiger partial charge in [0.1, 0.15) is 0 Å². The number of nitrogens with zero attached hydrogens (tertiary/aromatic N) is 1. The van der Waals surface area contributed by atoms with Gasteiger partial charge in [-0.1, -0.05) is 32.6 Å². The van der Waals surface area contributed by atoms with Crippen molar-refractivity contribution in [2.45, 2.75) is 82.7 Å². The molecule has 1 N–H and O–H groups in total. The van der Waals surface area contributed by atoms with Gasteiger partial charge in [-0.05, 0) is 70.5 Å². The SMILES string of the molecule is CNC(C1CCC(C)CC1)C1(N2CCCC2)CCCC1. The first-order valence-electron chi connectivity index (χ1n) is 9.18. The molecule has 116 valence electrons. The van der Waals surface area contributed by atoms with E-state index in [0.29, 0.717) is 5.54 Å². The van der Waals surface area contributed by atoms with Crippen LogP contribution in [0.4, 0.5) is 0 Å². The molecular weight excluding hydrogens is 244 g/mol. The van der Waals surface area contributed by atoms with E-state index in [0.717, 1.165) is 17.9 Å². The topological polar surface area (TPSA) is 15.3 Å². The van der Waals surface area contributed by atoms with Crippen LogP contribution in [0, 0.1) is 11.8 Å². The molecule has 1 aliphatic heterocycles. The van der Waals surface area contributed by atoms with Crippen LogP contribution in [0.25, 0.3) is 0 Å². The predicted molar refractivity (Wildman–Crippen MR) is 86.0 cm³/mol. The number of nitrogens with one attached hydrogen (secondary N) is 1. The highest BCUT2D eigenvalue weighted by Gasteiger charge is 2.48. The van der Waals surface area contributed by atoms with E-state index in [4.69, 9.17) is 0 Å². The lowest BCUT2D eigenvalue weighted by Crippen LogP contribution is -2.61. The van der Waals surface area contributed by atoms with E-state index in [-0.39, 0.29) is 0 Å². The van der Waals surface area contributed by atoms with Crippen LogP contribution in [0.5, 0.6) is 0 Å². The van der Waals surface area contributed by atoms with E-state index >= 15 is 0 Å². The van der Waals surface area contributed by atoms with Gasteiger partial charge in [0, 0.05) is 11.6 Å². The van der Waals surface area contributed by atoms with Crippen molar-refractivity contribution in [3.63, 3.8) is 0 Å². The van der Waals surface area contributed by atoms with E-state index in [1.165, 1.54) is 77.3 Å². The molecule has 0 bridgehead atoms. The zero-order chi connectivity index (χ0) is 14.0. The Morgan fingerprint density at radius 3 is 2.10 bits per heavy atom. The molecule has 1 heterocycles. The molecule has 3 rings (SSSR count). The second kappa shape index (κ2) is 6.36. The fourth-order valence-corrected chi connectivity index (χ4v) is 5.54. The van der Waals surface area contributed by atoms with Crippen LogP contribution in [0.3, 0.4) is 0 Å².